The van der Waals surface area contributed by atoms with E-state index in [1.54, 1.807) is 18.9 Å². The van der Waals surface area contributed by atoms with Gasteiger partial charge in [0.25, 0.3) is 0 Å². The monoisotopic (exact) mass is 507 g/mol. The lowest BCUT2D eigenvalue weighted by molar-refractivity contribution is -0.115. The summed E-state index contributed by atoms with van der Waals surface area (Å²) in [5.74, 6) is 1.50. The molecule has 0 N–H and O–H groups in total. The molecule has 1 aliphatic rings. The number of hydrogen-bond acceptors (Lipinski definition) is 6. The lowest BCUT2D eigenvalue weighted by Crippen LogP contribution is -2.30. The third-order valence-corrected chi connectivity index (χ3v) is 8.03. The molecule has 4 aromatic carbocycles. The van der Waals surface area contributed by atoms with Crippen LogP contribution in [0.15, 0.2) is 112 Å². The molecule has 1 aromatic heterocycles. The zero-order valence-corrected chi connectivity index (χ0v) is 21.1. The van der Waals surface area contributed by atoms with Crippen LogP contribution in [0.5, 0.6) is 5.75 Å². The zero-order chi connectivity index (χ0) is 24.5. The first-order valence-electron chi connectivity index (χ1n) is 11.4. The molecule has 6 rings (SSSR count). The van der Waals surface area contributed by atoms with E-state index >= 15 is 0 Å². The van der Waals surface area contributed by atoms with E-state index in [4.69, 9.17) is 14.7 Å². The summed E-state index contributed by atoms with van der Waals surface area (Å²) in [5, 5.41) is 1.61. The Morgan fingerprint density at radius 3 is 2.19 bits per heavy atom. The van der Waals surface area contributed by atoms with Gasteiger partial charge in [0, 0.05) is 20.7 Å². The summed E-state index contributed by atoms with van der Waals surface area (Å²) in [7, 11) is 1.64. The van der Waals surface area contributed by atoms with Crippen molar-refractivity contribution in [1.29, 1.82) is 0 Å². The Morgan fingerprint density at radius 1 is 0.833 bits per heavy atom. The minimum Gasteiger partial charge on any atom is -0.494 e. The predicted octanol–water partition coefficient (Wildman–Crippen LogP) is 7.23. The number of para-hydroxylation sites is 3. The normalized spacial score (nSPS) is 12.2. The number of hydrogen-bond donors (Lipinski definition) is 0. The molecule has 176 valence electrons. The summed E-state index contributed by atoms with van der Waals surface area (Å²) in [5.41, 5.74) is 3.46. The fraction of sp³-hybridized carbons (Fsp3) is 0.0690. The van der Waals surface area contributed by atoms with Gasteiger partial charge in [-0.05, 0) is 36.4 Å². The maximum atomic E-state index is 13.7. The molecule has 1 aliphatic heterocycles. The third-order valence-electron chi connectivity index (χ3n) is 5.92. The molecule has 7 heteroatoms. The molecule has 0 saturated heterocycles. The first-order valence-corrected chi connectivity index (χ1v) is 13.2. The Morgan fingerprint density at radius 2 is 1.50 bits per heavy atom. The molecule has 0 fully saturated rings. The predicted molar refractivity (Wildman–Crippen MR) is 146 cm³/mol. The van der Waals surface area contributed by atoms with E-state index in [2.05, 4.69) is 12.1 Å². The first-order chi connectivity index (χ1) is 17.7. The minimum absolute atomic E-state index is 0.00359. The van der Waals surface area contributed by atoms with Crippen molar-refractivity contribution in [3.63, 3.8) is 0 Å². The number of amides is 1. The highest BCUT2D eigenvalue weighted by Gasteiger charge is 2.28. The Balaban J connectivity index is 1.38. The quantitative estimate of drug-likeness (QED) is 0.185. The second-order valence-electron chi connectivity index (χ2n) is 8.13. The molecule has 36 heavy (non-hydrogen) atoms. The minimum atomic E-state index is -0.00359. The maximum absolute atomic E-state index is 13.7. The van der Waals surface area contributed by atoms with Gasteiger partial charge in [-0.15, -0.1) is 0 Å². The number of rotatable bonds is 5. The lowest BCUT2D eigenvalue weighted by atomic mass is 10.2. The summed E-state index contributed by atoms with van der Waals surface area (Å²) in [6, 6.07) is 31.7. The number of benzene rings is 4. The highest BCUT2D eigenvalue weighted by atomic mass is 32.2. The maximum Gasteiger partial charge on any atom is 0.242 e. The van der Waals surface area contributed by atoms with Crippen LogP contribution in [-0.2, 0) is 4.79 Å². The smallest absolute Gasteiger partial charge is 0.242 e. The molecular formula is C29H21N3O2S2. The van der Waals surface area contributed by atoms with Crippen molar-refractivity contribution >= 4 is 51.7 Å². The summed E-state index contributed by atoms with van der Waals surface area (Å²) < 4.78 is 5.60. The number of nitrogens with zero attached hydrogens (tertiary/aromatic N) is 3. The van der Waals surface area contributed by atoms with Gasteiger partial charge in [0.05, 0.1) is 24.2 Å². The SMILES string of the molecule is COc1cccc2c(SCC(=O)N3c4ccccc4Sc4ccccc43)nc(-c3ccccc3)nc12. The number of fused-ring (bicyclic) bond motifs is 3. The van der Waals surface area contributed by atoms with Gasteiger partial charge in [-0.3, -0.25) is 9.69 Å². The van der Waals surface area contributed by atoms with Crippen LogP contribution < -0.4 is 9.64 Å². The van der Waals surface area contributed by atoms with Crippen molar-refractivity contribution in [2.75, 3.05) is 17.8 Å². The van der Waals surface area contributed by atoms with Crippen LogP contribution in [0.3, 0.4) is 0 Å². The average Bonchev–Trinajstić information content (AvgIpc) is 2.94. The van der Waals surface area contributed by atoms with E-state index in [9.17, 15) is 4.79 Å². The van der Waals surface area contributed by atoms with Crippen molar-refractivity contribution in [3.8, 4) is 17.1 Å². The van der Waals surface area contributed by atoms with Gasteiger partial charge in [0.2, 0.25) is 5.91 Å². The van der Waals surface area contributed by atoms with Gasteiger partial charge < -0.3 is 4.74 Å². The van der Waals surface area contributed by atoms with Crippen LogP contribution in [0.2, 0.25) is 0 Å². The number of aromatic nitrogens is 2. The molecule has 0 spiro atoms. The molecule has 5 aromatic rings. The first kappa shape index (κ1) is 22.6. The molecule has 0 aliphatic carbocycles. The fourth-order valence-electron chi connectivity index (χ4n) is 4.26. The molecule has 5 nitrogen and oxygen atoms in total. The molecule has 1 amide bonds. The van der Waals surface area contributed by atoms with Gasteiger partial charge in [-0.2, -0.15) is 0 Å². The third kappa shape index (κ3) is 4.10. The molecule has 0 unspecified atom stereocenters. The van der Waals surface area contributed by atoms with E-state index in [0.29, 0.717) is 11.6 Å². The van der Waals surface area contributed by atoms with Gasteiger partial charge in [0.1, 0.15) is 16.3 Å². The highest BCUT2D eigenvalue weighted by Crippen LogP contribution is 2.48. The van der Waals surface area contributed by atoms with Crippen LogP contribution in [0.1, 0.15) is 0 Å². The van der Waals surface area contributed by atoms with Crippen molar-refractivity contribution in [2.24, 2.45) is 0 Å². The Labute approximate surface area is 217 Å². The van der Waals surface area contributed by atoms with E-state index in [1.165, 1.54) is 11.8 Å². The van der Waals surface area contributed by atoms with Crippen LogP contribution in [0.25, 0.3) is 22.3 Å². The van der Waals surface area contributed by atoms with Crippen molar-refractivity contribution < 1.29 is 9.53 Å². The van der Waals surface area contributed by atoms with Gasteiger partial charge in [-0.25, -0.2) is 9.97 Å². The Hall–Kier alpha value is -3.81. The molecule has 0 saturated carbocycles. The van der Waals surface area contributed by atoms with E-state index < -0.39 is 0 Å². The molecule has 2 heterocycles. The fourth-order valence-corrected chi connectivity index (χ4v) is 6.18. The van der Waals surface area contributed by atoms with Crippen molar-refractivity contribution in [1.82, 2.24) is 9.97 Å². The molecular weight excluding hydrogens is 486 g/mol. The number of ether oxygens (including phenoxy) is 1. The molecule has 0 radical (unpaired) electrons. The highest BCUT2D eigenvalue weighted by molar-refractivity contribution is 8.00. The van der Waals surface area contributed by atoms with Crippen LogP contribution >= 0.6 is 23.5 Å². The second kappa shape index (κ2) is 9.68. The summed E-state index contributed by atoms with van der Waals surface area (Å²) in [6.07, 6.45) is 0. The summed E-state index contributed by atoms with van der Waals surface area (Å²) >= 11 is 3.11. The number of anilines is 2. The summed E-state index contributed by atoms with van der Waals surface area (Å²) in [4.78, 5) is 27.4. The van der Waals surface area contributed by atoms with Gasteiger partial charge in [0.15, 0.2) is 5.82 Å². The lowest BCUT2D eigenvalue weighted by Gasteiger charge is -2.31. The van der Waals surface area contributed by atoms with E-state index in [-0.39, 0.29) is 11.7 Å². The molecule has 0 bridgehead atoms. The number of thioether (sulfide) groups is 1. The van der Waals surface area contributed by atoms with E-state index in [0.717, 1.165) is 42.7 Å². The van der Waals surface area contributed by atoms with Gasteiger partial charge in [-0.1, -0.05) is 84.2 Å². The van der Waals surface area contributed by atoms with Crippen LogP contribution in [-0.4, -0.2) is 28.7 Å². The average molecular weight is 508 g/mol. The van der Waals surface area contributed by atoms with E-state index in [1.807, 2.05) is 89.8 Å². The zero-order valence-electron chi connectivity index (χ0n) is 19.4. The summed E-state index contributed by atoms with van der Waals surface area (Å²) in [6.45, 7) is 0. The topological polar surface area (TPSA) is 55.3 Å². The largest absolute Gasteiger partial charge is 0.494 e. The Kier molecular flexibility index (Phi) is 6.09. The van der Waals surface area contributed by atoms with Crippen molar-refractivity contribution in [2.45, 2.75) is 14.8 Å². The number of carbonyl (C=O) groups is 1. The number of carbonyl (C=O) groups excluding carboxylic acids is 1. The Bertz CT molecular complexity index is 1550. The van der Waals surface area contributed by atoms with Crippen molar-refractivity contribution in [3.05, 3.63) is 97.1 Å². The second-order valence-corrected chi connectivity index (χ2v) is 10.2. The van der Waals surface area contributed by atoms with Gasteiger partial charge >= 0.3 is 0 Å². The number of methoxy groups -OCH3 is 1. The molecule has 0 atom stereocenters. The van der Waals surface area contributed by atoms with Crippen LogP contribution in [0, 0.1) is 0 Å². The standard InChI is InChI=1S/C29H21N3O2S2/c1-34-23-15-9-12-20-27(23)30-28(19-10-3-2-4-11-19)31-29(20)35-18-26(33)32-21-13-5-7-16-24(21)36-25-17-8-6-14-22(25)32/h2-17H,18H2,1H3. The van der Waals surface area contributed by atoms with Crippen LogP contribution in [0.4, 0.5) is 11.4 Å².